The Kier molecular flexibility index (Phi) is 4.86. The molecule has 0 radical (unpaired) electrons. The van der Waals surface area contributed by atoms with E-state index in [4.69, 9.17) is 16.3 Å². The first-order valence-electron chi connectivity index (χ1n) is 2.63. The van der Waals surface area contributed by atoms with Gasteiger partial charge in [0.1, 0.15) is 5.75 Å². The summed E-state index contributed by atoms with van der Waals surface area (Å²) < 4.78 is 4.91. The minimum atomic E-state index is 0. The molecule has 0 fully saturated rings. The van der Waals surface area contributed by atoms with Crippen molar-refractivity contribution in [1.29, 1.82) is 0 Å². The van der Waals surface area contributed by atoms with Gasteiger partial charge in [-0.05, 0) is 12.1 Å². The van der Waals surface area contributed by atoms with Gasteiger partial charge in [-0.1, -0.05) is 23.7 Å². The summed E-state index contributed by atoms with van der Waals surface area (Å²) in [6, 6.07) is 7.36. The fourth-order valence-electron chi connectivity index (χ4n) is 0.610. The first-order chi connectivity index (χ1) is 4.34. The average molecular weight is 169 g/mol. The molecule has 0 amide bonds. The van der Waals surface area contributed by atoms with Crippen LogP contribution in [0.2, 0.25) is 5.02 Å². The van der Waals surface area contributed by atoms with Crippen molar-refractivity contribution >= 4 is 34.7 Å². The van der Waals surface area contributed by atoms with Crippen molar-refractivity contribution in [3.8, 4) is 5.75 Å². The molecule has 0 heterocycles. The van der Waals surface area contributed by atoms with Gasteiger partial charge in [-0.25, -0.2) is 0 Å². The van der Waals surface area contributed by atoms with E-state index in [1.807, 2.05) is 18.2 Å². The van der Waals surface area contributed by atoms with Gasteiger partial charge in [-0.2, -0.15) is 0 Å². The van der Waals surface area contributed by atoms with Crippen LogP contribution in [0.3, 0.4) is 0 Å². The zero-order valence-electron chi connectivity index (χ0n) is 7.80. The number of benzene rings is 1. The third kappa shape index (κ3) is 2.37. The van der Waals surface area contributed by atoms with Gasteiger partial charge in [0.2, 0.25) is 0 Å². The van der Waals surface area contributed by atoms with Gasteiger partial charge in [0, 0.05) is 0 Å². The molecule has 0 N–H and O–H groups in total. The van der Waals surface area contributed by atoms with Crippen LogP contribution < -0.4 is 4.74 Å². The van der Waals surface area contributed by atoms with Gasteiger partial charge in [-0.15, -0.1) is 0 Å². The Labute approximate surface area is 84.5 Å². The zero-order valence-corrected chi connectivity index (χ0v) is 7.97. The van der Waals surface area contributed by atoms with Gasteiger partial charge in [0.05, 0.1) is 12.1 Å². The molecule has 3 heteroatoms. The van der Waals surface area contributed by atoms with Crippen molar-refractivity contribution in [3.05, 3.63) is 29.3 Å². The van der Waals surface area contributed by atoms with E-state index in [0.717, 1.165) is 5.75 Å². The molecule has 0 aliphatic heterocycles. The van der Waals surface area contributed by atoms with Gasteiger partial charge < -0.3 is 7.59 Å². The van der Waals surface area contributed by atoms with Crippen molar-refractivity contribution in [3.63, 3.8) is 0 Å². The Morgan fingerprint density at radius 1 is 1.40 bits per heavy atom. The molecule has 0 spiro atoms. The number of hydrogen-bond donors (Lipinski definition) is 0. The molecule has 1 rings (SSSR count). The van der Waals surface area contributed by atoms with Gasteiger partial charge in [-0.3, -0.25) is 0 Å². The van der Waals surface area contributed by atoms with Crippen molar-refractivity contribution < 1.29 is 7.59 Å². The topological polar surface area (TPSA) is 9.23 Å². The summed E-state index contributed by atoms with van der Waals surface area (Å²) in [6.45, 7) is 0. The van der Waals surface area contributed by atoms with E-state index in [-0.39, 0.29) is 25.9 Å². The second-order valence-corrected chi connectivity index (χ2v) is 2.04. The second-order valence-electron chi connectivity index (χ2n) is 1.63. The summed E-state index contributed by atoms with van der Waals surface area (Å²) in [7, 11) is 1.60. The van der Waals surface area contributed by atoms with Crippen LogP contribution in [0.15, 0.2) is 24.3 Å². The molecule has 52 valence electrons. The van der Waals surface area contributed by atoms with Crippen LogP contribution in [0.4, 0.5) is 0 Å². The summed E-state index contributed by atoms with van der Waals surface area (Å²) in [5.74, 6) is 0.721. The third-order valence-electron chi connectivity index (χ3n) is 1.06. The number of rotatable bonds is 1. The molecule has 0 saturated carbocycles. The molecule has 0 bridgehead atoms. The summed E-state index contributed by atoms with van der Waals surface area (Å²) in [6.07, 6.45) is 0. The molecule has 0 unspecified atom stereocenters. The maximum absolute atomic E-state index is 5.70. The average Bonchev–Trinajstić information content (AvgIpc) is 1.89. The number of ether oxygens (including phenoxy) is 1. The van der Waals surface area contributed by atoms with Crippen molar-refractivity contribution in [2.75, 3.05) is 7.11 Å². The van der Waals surface area contributed by atoms with E-state index < -0.39 is 0 Å². The molecule has 10 heavy (non-hydrogen) atoms. The van der Waals surface area contributed by atoms with Gasteiger partial charge in [0.25, 0.3) is 0 Å². The van der Waals surface area contributed by atoms with Crippen LogP contribution >= 0.6 is 11.6 Å². The van der Waals surface area contributed by atoms with E-state index in [1.165, 1.54) is 0 Å². The molecule has 0 saturated heterocycles. The van der Waals surface area contributed by atoms with Gasteiger partial charge >= 0.3 is 23.1 Å². The fourth-order valence-corrected chi connectivity index (χ4v) is 0.823. The van der Waals surface area contributed by atoms with Crippen LogP contribution in [-0.4, -0.2) is 30.2 Å². The monoisotopic (exact) mass is 168 g/mol. The number of methoxy groups -OCH3 is 1. The minimum Gasteiger partial charge on any atom is -1.00 e. The SMILES string of the molecule is COc1ccccc1Cl.[H-].[H-].[Mg+2]. The molecule has 0 aliphatic rings. The summed E-state index contributed by atoms with van der Waals surface area (Å²) in [5.41, 5.74) is 0. The van der Waals surface area contributed by atoms with Gasteiger partial charge in [0.15, 0.2) is 0 Å². The minimum absolute atomic E-state index is 0. The number of para-hydroxylation sites is 1. The van der Waals surface area contributed by atoms with Crippen LogP contribution in [0.1, 0.15) is 2.85 Å². The maximum atomic E-state index is 5.70. The maximum Gasteiger partial charge on any atom is 2.00 e. The van der Waals surface area contributed by atoms with Crippen molar-refractivity contribution in [2.45, 2.75) is 0 Å². The molecular weight excluding hydrogens is 160 g/mol. The van der Waals surface area contributed by atoms with E-state index >= 15 is 0 Å². The number of halogens is 1. The molecule has 0 aliphatic carbocycles. The van der Waals surface area contributed by atoms with E-state index in [0.29, 0.717) is 5.02 Å². The van der Waals surface area contributed by atoms with Crippen LogP contribution in [0.25, 0.3) is 0 Å². The van der Waals surface area contributed by atoms with Crippen molar-refractivity contribution in [2.24, 2.45) is 0 Å². The first kappa shape index (κ1) is 10.1. The van der Waals surface area contributed by atoms with Crippen molar-refractivity contribution in [1.82, 2.24) is 0 Å². The largest absolute Gasteiger partial charge is 2.00 e. The molecule has 1 aromatic rings. The predicted octanol–water partition coefficient (Wildman–Crippen LogP) is 2.19. The normalized spacial score (nSPS) is 8.20. The Balaban J connectivity index is -0.000000270. The van der Waals surface area contributed by atoms with Crippen LogP contribution in [-0.2, 0) is 0 Å². The predicted molar refractivity (Wildman–Crippen MR) is 46.0 cm³/mol. The summed E-state index contributed by atoms with van der Waals surface area (Å²) in [5, 5.41) is 0.653. The Morgan fingerprint density at radius 3 is 2.40 bits per heavy atom. The Hall–Kier alpha value is 0.0762. The quantitative estimate of drug-likeness (QED) is 0.585. The molecule has 1 nitrogen and oxygen atoms in total. The molecule has 0 atom stereocenters. The fraction of sp³-hybridized carbons (Fsp3) is 0.143. The second kappa shape index (κ2) is 4.83. The molecule has 0 aromatic heterocycles. The summed E-state index contributed by atoms with van der Waals surface area (Å²) >= 11 is 5.70. The van der Waals surface area contributed by atoms with E-state index in [1.54, 1.807) is 13.2 Å². The first-order valence-corrected chi connectivity index (χ1v) is 3.01. The zero-order chi connectivity index (χ0) is 6.69. The molecule has 1 aromatic carbocycles. The van der Waals surface area contributed by atoms with Crippen LogP contribution in [0.5, 0.6) is 5.75 Å². The van der Waals surface area contributed by atoms with E-state index in [9.17, 15) is 0 Å². The Morgan fingerprint density at radius 2 is 2.00 bits per heavy atom. The van der Waals surface area contributed by atoms with E-state index in [2.05, 4.69) is 0 Å². The van der Waals surface area contributed by atoms with Crippen LogP contribution in [0, 0.1) is 0 Å². The molecular formula is C7H9ClMgO. The number of hydrogen-bond acceptors (Lipinski definition) is 1. The smallest absolute Gasteiger partial charge is 1.00 e. The standard InChI is InChI=1S/C7H7ClO.Mg.2H/c1-9-7-5-3-2-4-6(7)8;;;/h2-5H,1H3;;;/q;+2;2*-1. The summed E-state index contributed by atoms with van der Waals surface area (Å²) in [4.78, 5) is 0. The third-order valence-corrected chi connectivity index (χ3v) is 1.37. The Bertz CT molecular complexity index is 210.